The van der Waals surface area contributed by atoms with Crippen LogP contribution in [0.1, 0.15) is 37.8 Å². The zero-order valence-corrected chi connectivity index (χ0v) is 17.1. The zero-order chi connectivity index (χ0) is 20.4. The van der Waals surface area contributed by atoms with Gasteiger partial charge in [-0.2, -0.15) is 0 Å². The molecule has 2 aromatic carbocycles. The fourth-order valence-electron chi connectivity index (χ4n) is 4.30. The molecule has 4 heteroatoms. The summed E-state index contributed by atoms with van der Waals surface area (Å²) in [5, 5.41) is 5.89. The van der Waals surface area contributed by atoms with Crippen molar-refractivity contribution in [3.63, 3.8) is 0 Å². The Morgan fingerprint density at radius 3 is 2.59 bits per heavy atom. The fourth-order valence-corrected chi connectivity index (χ4v) is 4.30. The molecule has 0 aromatic heterocycles. The number of hydrogen-bond acceptors (Lipinski definition) is 4. The molecule has 0 spiro atoms. The smallest absolute Gasteiger partial charge is 0.148 e. The highest BCUT2D eigenvalue weighted by molar-refractivity contribution is 5.74. The van der Waals surface area contributed by atoms with Gasteiger partial charge in [0, 0.05) is 23.7 Å². The van der Waals surface area contributed by atoms with E-state index >= 15 is 0 Å². The first kappa shape index (κ1) is 19.7. The third-order valence-corrected chi connectivity index (χ3v) is 6.11. The quantitative estimate of drug-likeness (QED) is 0.770. The average Bonchev–Trinajstić information content (AvgIpc) is 2.71. The first-order valence-corrected chi connectivity index (χ1v) is 10.3. The van der Waals surface area contributed by atoms with Gasteiger partial charge in [-0.1, -0.05) is 42.3 Å². The van der Waals surface area contributed by atoms with Gasteiger partial charge in [0.1, 0.15) is 5.75 Å². The predicted molar refractivity (Wildman–Crippen MR) is 118 cm³/mol. The number of nitrogens with one attached hydrogen (secondary N) is 1. The van der Waals surface area contributed by atoms with Crippen LogP contribution in [0.3, 0.4) is 0 Å². The molecule has 0 amide bonds. The molecule has 0 radical (unpaired) electrons. The van der Waals surface area contributed by atoms with Gasteiger partial charge in [-0.15, -0.1) is 11.5 Å². The Labute approximate surface area is 173 Å². The number of nitrogens with two attached hydrogens (primary N) is 1. The van der Waals surface area contributed by atoms with Crippen molar-refractivity contribution in [2.75, 3.05) is 6.54 Å². The summed E-state index contributed by atoms with van der Waals surface area (Å²) in [5.41, 5.74) is 10.8. The van der Waals surface area contributed by atoms with E-state index in [1.54, 1.807) is 0 Å². The van der Waals surface area contributed by atoms with E-state index in [1.165, 1.54) is 16.7 Å². The van der Waals surface area contributed by atoms with Crippen molar-refractivity contribution in [3.05, 3.63) is 71.3 Å². The zero-order valence-electron chi connectivity index (χ0n) is 17.1. The lowest BCUT2D eigenvalue weighted by atomic mass is 9.83. The van der Waals surface area contributed by atoms with Gasteiger partial charge in [-0.3, -0.25) is 0 Å². The number of benzene rings is 2. The topological polar surface area (TPSA) is 50.5 Å². The summed E-state index contributed by atoms with van der Waals surface area (Å²) in [4.78, 5) is 6.29. The Hall–Kier alpha value is -2.58. The van der Waals surface area contributed by atoms with Crippen LogP contribution in [-0.4, -0.2) is 35.8 Å². The molecule has 29 heavy (non-hydrogen) atoms. The minimum Gasteiger partial charge on any atom is -0.405 e. The Morgan fingerprint density at radius 1 is 1.14 bits per heavy atom. The van der Waals surface area contributed by atoms with Crippen LogP contribution < -0.4 is 15.9 Å². The maximum Gasteiger partial charge on any atom is 0.148 e. The monoisotopic (exact) mass is 387 g/mol. The molecule has 4 rings (SSSR count). The van der Waals surface area contributed by atoms with Crippen molar-refractivity contribution in [1.29, 1.82) is 0 Å². The average molecular weight is 388 g/mol. The lowest BCUT2D eigenvalue weighted by Gasteiger charge is -2.43. The van der Waals surface area contributed by atoms with Gasteiger partial charge in [0.05, 0.1) is 12.6 Å². The van der Waals surface area contributed by atoms with Gasteiger partial charge in [0.15, 0.2) is 0 Å². The molecular weight excluding hydrogens is 358 g/mol. The summed E-state index contributed by atoms with van der Waals surface area (Å²) in [6, 6.07) is 19.5. The van der Waals surface area contributed by atoms with E-state index < -0.39 is 0 Å². The Kier molecular flexibility index (Phi) is 5.73. The molecule has 150 valence electrons. The molecule has 1 aliphatic carbocycles. The summed E-state index contributed by atoms with van der Waals surface area (Å²) in [7, 11) is 0. The maximum atomic E-state index is 6.29. The third-order valence-electron chi connectivity index (χ3n) is 6.11. The summed E-state index contributed by atoms with van der Waals surface area (Å²) < 4.78 is 0. The van der Waals surface area contributed by atoms with Crippen molar-refractivity contribution in [3.8, 4) is 18.1 Å². The normalized spacial score (nSPS) is 27.2. The molecule has 1 heterocycles. The minimum absolute atomic E-state index is 0.154. The predicted octanol–water partition coefficient (Wildman–Crippen LogP) is 3.59. The Bertz CT molecular complexity index is 925. The fraction of sp³-hybridized carbons (Fsp3) is 0.360. The molecule has 3 N–H and O–H groups in total. The second kappa shape index (κ2) is 8.42. The number of nitrogens with zero attached hydrogens (tertiary/aromatic N) is 1. The van der Waals surface area contributed by atoms with E-state index in [-0.39, 0.29) is 12.1 Å². The maximum absolute atomic E-state index is 6.29. The first-order chi connectivity index (χ1) is 14.0. The van der Waals surface area contributed by atoms with Crippen LogP contribution in [0.5, 0.6) is 5.75 Å². The number of rotatable bonds is 5. The highest BCUT2D eigenvalue weighted by Crippen LogP contribution is 2.33. The van der Waals surface area contributed by atoms with Crippen LogP contribution in [0.25, 0.3) is 5.57 Å². The summed E-state index contributed by atoms with van der Waals surface area (Å²) >= 11 is 0. The van der Waals surface area contributed by atoms with Crippen LogP contribution in [0, 0.1) is 12.3 Å². The molecule has 1 aliphatic heterocycles. The van der Waals surface area contributed by atoms with Crippen molar-refractivity contribution >= 4 is 5.57 Å². The van der Waals surface area contributed by atoms with Crippen LogP contribution in [0.15, 0.2) is 60.2 Å². The largest absolute Gasteiger partial charge is 0.405 e. The van der Waals surface area contributed by atoms with E-state index in [0.717, 1.165) is 30.7 Å². The van der Waals surface area contributed by atoms with Crippen molar-refractivity contribution in [2.24, 2.45) is 5.73 Å². The lowest BCUT2D eigenvalue weighted by molar-refractivity contribution is -0.0876. The van der Waals surface area contributed by atoms with Gasteiger partial charge in [-0.05, 0) is 61.6 Å². The van der Waals surface area contributed by atoms with E-state index in [4.69, 9.17) is 17.0 Å². The van der Waals surface area contributed by atoms with E-state index in [1.807, 2.05) is 24.3 Å². The number of hydroxylamine groups is 2. The number of hydrogen-bond donors (Lipinski definition) is 2. The van der Waals surface area contributed by atoms with Gasteiger partial charge >= 0.3 is 0 Å². The van der Waals surface area contributed by atoms with E-state index in [9.17, 15) is 0 Å². The van der Waals surface area contributed by atoms with Crippen LogP contribution in [-0.2, 0) is 0 Å². The highest BCUT2D eigenvalue weighted by Gasteiger charge is 2.36. The van der Waals surface area contributed by atoms with E-state index in [2.05, 4.69) is 60.5 Å². The van der Waals surface area contributed by atoms with Crippen LogP contribution in [0.4, 0.5) is 0 Å². The molecule has 0 bridgehead atoms. The molecule has 1 saturated carbocycles. The van der Waals surface area contributed by atoms with E-state index in [0.29, 0.717) is 12.1 Å². The van der Waals surface area contributed by atoms with Gasteiger partial charge in [0.25, 0.3) is 0 Å². The molecule has 2 aliphatic rings. The molecule has 2 unspecified atom stereocenters. The minimum atomic E-state index is 0.154. The second-order valence-corrected chi connectivity index (χ2v) is 8.15. The lowest BCUT2D eigenvalue weighted by Crippen LogP contribution is -2.57. The van der Waals surface area contributed by atoms with Gasteiger partial charge in [0.2, 0.25) is 0 Å². The standard InChI is InChI=1S/C25H29N3O/c1-4-19-9-8-12-23(13-19)29-28-16-24(27-22-14-21(26)15-22)25(17(2)18(28)3)20-10-6-5-7-11-20/h1,5-13,18,21-22,24,27H,14-16,26H2,2-3H3. The molecule has 2 atom stereocenters. The van der Waals surface area contributed by atoms with Crippen molar-refractivity contribution in [1.82, 2.24) is 10.4 Å². The SMILES string of the molecule is C#Cc1cccc(ON2CC(NC3CC(N)C3)C(c3ccccc3)=C(C)C2C)c1. The van der Waals surface area contributed by atoms with Gasteiger partial charge < -0.3 is 15.9 Å². The number of terminal acetylenes is 1. The summed E-state index contributed by atoms with van der Waals surface area (Å²) in [6.07, 6.45) is 7.60. The van der Waals surface area contributed by atoms with Crippen molar-refractivity contribution in [2.45, 2.75) is 50.9 Å². The molecule has 2 aromatic rings. The molecule has 1 fully saturated rings. The molecule has 4 nitrogen and oxygen atoms in total. The molecular formula is C25H29N3O. The summed E-state index contributed by atoms with van der Waals surface area (Å²) in [5.74, 6) is 3.45. The summed E-state index contributed by atoms with van der Waals surface area (Å²) in [6.45, 7) is 5.16. The first-order valence-electron chi connectivity index (χ1n) is 10.3. The van der Waals surface area contributed by atoms with Gasteiger partial charge in [-0.25, -0.2) is 0 Å². The highest BCUT2D eigenvalue weighted by atomic mass is 16.7. The molecule has 0 saturated heterocycles. The Balaban J connectivity index is 1.62. The van der Waals surface area contributed by atoms with Crippen LogP contribution >= 0.6 is 0 Å². The Morgan fingerprint density at radius 2 is 1.90 bits per heavy atom. The third kappa shape index (κ3) is 4.23. The van der Waals surface area contributed by atoms with Crippen molar-refractivity contribution < 1.29 is 4.84 Å². The van der Waals surface area contributed by atoms with Crippen LogP contribution in [0.2, 0.25) is 0 Å². The second-order valence-electron chi connectivity index (χ2n) is 8.15.